The van der Waals surface area contributed by atoms with Gasteiger partial charge >= 0.3 is 0 Å². The van der Waals surface area contributed by atoms with E-state index >= 15 is 0 Å². The first-order valence-corrected chi connectivity index (χ1v) is 9.65. The van der Waals surface area contributed by atoms with Crippen LogP contribution in [-0.2, 0) is 0 Å². The Bertz CT molecular complexity index is 1460. The van der Waals surface area contributed by atoms with E-state index < -0.39 is 5.91 Å². The Kier molecular flexibility index (Phi) is 4.71. The number of amides is 2. The summed E-state index contributed by atoms with van der Waals surface area (Å²) < 4.78 is 5.21. The third-order valence-corrected chi connectivity index (χ3v) is 4.88. The Labute approximate surface area is 181 Å². The maximum atomic E-state index is 12.7. The lowest BCUT2D eigenvalue weighted by Gasteiger charge is -2.05. The highest BCUT2D eigenvalue weighted by Crippen LogP contribution is 2.22. The number of pyridine rings is 1. The van der Waals surface area contributed by atoms with E-state index in [9.17, 15) is 9.59 Å². The van der Waals surface area contributed by atoms with Gasteiger partial charge in [-0.25, -0.2) is 9.97 Å². The Morgan fingerprint density at radius 2 is 1.84 bits per heavy atom. The average molecular weight is 427 g/mol. The zero-order valence-electron chi connectivity index (χ0n) is 16.8. The van der Waals surface area contributed by atoms with Gasteiger partial charge in [0.05, 0.1) is 18.2 Å². The molecule has 5 rings (SSSR count). The molecule has 10 heteroatoms. The van der Waals surface area contributed by atoms with E-state index in [4.69, 9.17) is 4.74 Å². The largest absolute Gasteiger partial charge is 0.497 e. The van der Waals surface area contributed by atoms with Gasteiger partial charge in [0.2, 0.25) is 11.9 Å². The number of carbonyl (C=O) groups excluding carboxylic acids is 2. The highest BCUT2D eigenvalue weighted by Gasteiger charge is 2.17. The molecule has 10 nitrogen and oxygen atoms in total. The molecule has 0 atom stereocenters. The second-order valence-corrected chi connectivity index (χ2v) is 6.92. The molecule has 0 aliphatic heterocycles. The van der Waals surface area contributed by atoms with E-state index in [1.165, 1.54) is 6.20 Å². The van der Waals surface area contributed by atoms with Crippen molar-refractivity contribution in [1.82, 2.24) is 24.9 Å². The molecule has 0 aliphatic carbocycles. The Morgan fingerprint density at radius 3 is 2.66 bits per heavy atom. The molecule has 0 saturated carbocycles. The first-order valence-electron chi connectivity index (χ1n) is 9.65. The van der Waals surface area contributed by atoms with Crippen LogP contribution in [0.5, 0.6) is 5.75 Å². The number of hydrogen-bond donors (Lipinski definition) is 4. The van der Waals surface area contributed by atoms with E-state index in [2.05, 4.69) is 35.6 Å². The summed E-state index contributed by atoms with van der Waals surface area (Å²) in [5.74, 6) is 0.450. The highest BCUT2D eigenvalue weighted by atomic mass is 16.5. The molecule has 2 amide bonds. The molecule has 32 heavy (non-hydrogen) atoms. The first kappa shape index (κ1) is 19.2. The van der Waals surface area contributed by atoms with Crippen LogP contribution in [0.15, 0.2) is 61.1 Å². The number of aromatic amines is 2. The maximum Gasteiger partial charge on any atom is 0.276 e. The van der Waals surface area contributed by atoms with Crippen molar-refractivity contribution in [2.45, 2.75) is 0 Å². The van der Waals surface area contributed by atoms with Crippen molar-refractivity contribution in [3.05, 3.63) is 72.3 Å². The van der Waals surface area contributed by atoms with E-state index in [0.717, 1.165) is 10.8 Å². The van der Waals surface area contributed by atoms with Gasteiger partial charge in [-0.3, -0.25) is 25.2 Å². The summed E-state index contributed by atoms with van der Waals surface area (Å²) in [5, 5.41) is 7.08. The average Bonchev–Trinajstić information content (AvgIpc) is 3.47. The number of aromatic nitrogens is 5. The van der Waals surface area contributed by atoms with Gasteiger partial charge < -0.3 is 14.7 Å². The Hall–Kier alpha value is -4.73. The lowest BCUT2D eigenvalue weighted by Crippen LogP contribution is -2.15. The molecule has 0 unspecified atom stereocenters. The monoisotopic (exact) mass is 427 g/mol. The number of nitrogens with one attached hydrogen (secondary N) is 4. The second kappa shape index (κ2) is 7.84. The van der Waals surface area contributed by atoms with Crippen LogP contribution in [0, 0.1) is 0 Å². The second-order valence-electron chi connectivity index (χ2n) is 6.92. The number of H-pyrrole nitrogens is 2. The van der Waals surface area contributed by atoms with Gasteiger partial charge in [-0.1, -0.05) is 12.1 Å². The number of rotatable bonds is 5. The number of anilines is 2. The molecule has 5 aromatic rings. The smallest absolute Gasteiger partial charge is 0.276 e. The molecule has 3 heterocycles. The number of para-hydroxylation sites is 1. The van der Waals surface area contributed by atoms with Gasteiger partial charge in [0.15, 0.2) is 0 Å². The predicted octanol–water partition coefficient (Wildman–Crippen LogP) is 3.35. The fourth-order valence-corrected chi connectivity index (χ4v) is 3.33. The van der Waals surface area contributed by atoms with Crippen LogP contribution in [0.25, 0.3) is 21.8 Å². The molecular weight excluding hydrogens is 410 g/mol. The predicted molar refractivity (Wildman–Crippen MR) is 119 cm³/mol. The minimum atomic E-state index is -0.427. The molecule has 158 valence electrons. The van der Waals surface area contributed by atoms with Crippen LogP contribution < -0.4 is 15.4 Å². The van der Waals surface area contributed by atoms with Gasteiger partial charge in [-0.05, 0) is 35.7 Å². The third-order valence-electron chi connectivity index (χ3n) is 4.88. The van der Waals surface area contributed by atoms with Gasteiger partial charge in [0, 0.05) is 24.0 Å². The number of carbonyl (C=O) groups is 2. The lowest BCUT2D eigenvalue weighted by atomic mass is 10.1. The number of hydrogen-bond acceptors (Lipinski definition) is 6. The molecule has 4 N–H and O–H groups in total. The molecule has 0 saturated heterocycles. The summed E-state index contributed by atoms with van der Waals surface area (Å²) in [6.45, 7) is 0. The van der Waals surface area contributed by atoms with Crippen molar-refractivity contribution in [2.24, 2.45) is 0 Å². The quantitative estimate of drug-likeness (QED) is 0.339. The zero-order valence-corrected chi connectivity index (χ0v) is 16.8. The lowest BCUT2D eigenvalue weighted by molar-refractivity contribution is 0.101. The van der Waals surface area contributed by atoms with Crippen LogP contribution in [0.2, 0.25) is 0 Å². The van der Waals surface area contributed by atoms with Crippen molar-refractivity contribution in [3.8, 4) is 5.75 Å². The van der Waals surface area contributed by atoms with Gasteiger partial charge in [-0.15, -0.1) is 0 Å². The molecule has 0 bridgehead atoms. The summed E-state index contributed by atoms with van der Waals surface area (Å²) in [6.07, 6.45) is 4.76. The molecule has 3 aromatic heterocycles. The topological polar surface area (TPSA) is 138 Å². The molecule has 0 aliphatic rings. The summed E-state index contributed by atoms with van der Waals surface area (Å²) >= 11 is 0. The van der Waals surface area contributed by atoms with Crippen LogP contribution in [0.1, 0.15) is 20.8 Å². The molecular formula is C22H17N7O3. The Balaban J connectivity index is 1.40. The highest BCUT2D eigenvalue weighted by molar-refractivity contribution is 6.11. The summed E-state index contributed by atoms with van der Waals surface area (Å²) in [7, 11) is 1.59. The van der Waals surface area contributed by atoms with Crippen molar-refractivity contribution >= 4 is 45.5 Å². The standard InChI is InChI=1S/C22H17N7O3/c1-32-14-6-5-12-10-17(25-11-13(12)9-14)20(31)29-22-26-16-4-2-3-15(18(16)27-22)19(30)28-21-23-7-8-24-21/h2-11H,1H3,(H2,23,24,28,30)(H2,26,27,29,31). The van der Waals surface area contributed by atoms with E-state index in [0.29, 0.717) is 28.3 Å². The van der Waals surface area contributed by atoms with Crippen molar-refractivity contribution in [2.75, 3.05) is 17.7 Å². The number of fused-ring (bicyclic) bond motifs is 2. The number of benzene rings is 2. The maximum absolute atomic E-state index is 12.7. The Morgan fingerprint density at radius 1 is 0.969 bits per heavy atom. The fraction of sp³-hybridized carbons (Fsp3) is 0.0455. The first-order chi connectivity index (χ1) is 15.6. The van der Waals surface area contributed by atoms with Gasteiger partial charge in [-0.2, -0.15) is 0 Å². The van der Waals surface area contributed by atoms with Gasteiger partial charge in [0.25, 0.3) is 11.8 Å². The summed E-state index contributed by atoms with van der Waals surface area (Å²) in [4.78, 5) is 43.8. The SMILES string of the molecule is COc1ccc2cc(C(=O)Nc3nc4c(C(=O)Nc5ncc[nH]5)cccc4[nH]3)ncc2c1. The fourth-order valence-electron chi connectivity index (χ4n) is 3.33. The molecule has 2 aromatic carbocycles. The minimum Gasteiger partial charge on any atom is -0.497 e. The number of nitrogens with zero attached hydrogens (tertiary/aromatic N) is 3. The minimum absolute atomic E-state index is 0.208. The molecule has 0 fully saturated rings. The van der Waals surface area contributed by atoms with Crippen LogP contribution >= 0.6 is 0 Å². The number of imidazole rings is 2. The van der Waals surface area contributed by atoms with Crippen molar-refractivity contribution < 1.29 is 14.3 Å². The summed E-state index contributed by atoms with van der Waals surface area (Å²) in [5.41, 5.74) is 1.60. The van der Waals surface area contributed by atoms with Crippen LogP contribution in [-0.4, -0.2) is 43.8 Å². The number of methoxy groups -OCH3 is 1. The van der Waals surface area contributed by atoms with Crippen molar-refractivity contribution in [1.29, 1.82) is 0 Å². The number of ether oxygens (including phenoxy) is 1. The van der Waals surface area contributed by atoms with Crippen LogP contribution in [0.3, 0.4) is 0 Å². The third kappa shape index (κ3) is 3.60. The van der Waals surface area contributed by atoms with Crippen molar-refractivity contribution in [3.63, 3.8) is 0 Å². The van der Waals surface area contributed by atoms with E-state index in [1.54, 1.807) is 43.8 Å². The zero-order chi connectivity index (χ0) is 22.1. The summed E-state index contributed by atoms with van der Waals surface area (Å²) in [6, 6.07) is 12.3. The van der Waals surface area contributed by atoms with Crippen LogP contribution in [0.4, 0.5) is 11.9 Å². The normalized spacial score (nSPS) is 10.9. The molecule has 0 spiro atoms. The van der Waals surface area contributed by atoms with Gasteiger partial charge in [0.1, 0.15) is 17.0 Å². The van der Waals surface area contributed by atoms with E-state index in [-0.39, 0.29) is 17.5 Å². The molecule has 0 radical (unpaired) electrons. The van der Waals surface area contributed by atoms with E-state index in [1.807, 2.05) is 18.2 Å².